The summed E-state index contributed by atoms with van der Waals surface area (Å²) < 4.78 is 15.4. The van der Waals surface area contributed by atoms with Crippen molar-refractivity contribution in [1.29, 1.82) is 0 Å². The van der Waals surface area contributed by atoms with E-state index in [2.05, 4.69) is 10.6 Å². The van der Waals surface area contributed by atoms with E-state index < -0.39 is 18.0 Å². The fraction of sp³-hybridized carbons (Fsp3) is 0.571. The molecule has 0 bridgehead atoms. The van der Waals surface area contributed by atoms with Crippen LogP contribution in [0.25, 0.3) is 0 Å². The predicted octanol–water partition coefficient (Wildman–Crippen LogP) is 2.20. The number of esters is 1. The summed E-state index contributed by atoms with van der Waals surface area (Å²) in [5.74, 6) is -0.553. The van der Waals surface area contributed by atoms with E-state index in [1.807, 2.05) is 0 Å². The Bertz CT molecular complexity index is 691. The Morgan fingerprint density at radius 1 is 1.00 bits per heavy atom. The minimum Gasteiger partial charge on any atom is -0.497 e. The first kappa shape index (κ1) is 22.5. The molecule has 160 valence electrons. The number of amides is 2. The molecule has 2 N–H and O–H groups in total. The van der Waals surface area contributed by atoms with Crippen LogP contribution >= 0.6 is 0 Å². The summed E-state index contributed by atoms with van der Waals surface area (Å²) in [6.45, 7) is 1.18. The fourth-order valence-corrected chi connectivity index (χ4v) is 3.23. The number of hydrogen-bond acceptors (Lipinski definition) is 6. The maximum Gasteiger partial charge on any atom is 0.326 e. The fourth-order valence-electron chi connectivity index (χ4n) is 3.23. The Kier molecular flexibility index (Phi) is 8.76. The molecule has 0 aromatic heterocycles. The Labute approximate surface area is 171 Å². The highest BCUT2D eigenvalue weighted by atomic mass is 16.5. The van der Waals surface area contributed by atoms with Crippen LogP contribution in [0, 0.1) is 0 Å². The van der Waals surface area contributed by atoms with Gasteiger partial charge >= 0.3 is 5.97 Å². The smallest absolute Gasteiger partial charge is 0.326 e. The molecule has 0 aliphatic heterocycles. The van der Waals surface area contributed by atoms with Crippen LogP contribution in [0.15, 0.2) is 18.2 Å². The largest absolute Gasteiger partial charge is 0.497 e. The van der Waals surface area contributed by atoms with E-state index in [9.17, 15) is 14.4 Å². The Balaban J connectivity index is 1.81. The van der Waals surface area contributed by atoms with Crippen molar-refractivity contribution < 1.29 is 28.6 Å². The van der Waals surface area contributed by atoms with Crippen molar-refractivity contribution in [2.45, 2.75) is 57.6 Å². The topological polar surface area (TPSA) is 103 Å². The van der Waals surface area contributed by atoms with Crippen molar-refractivity contribution in [3.05, 3.63) is 23.8 Å². The van der Waals surface area contributed by atoms with Crippen molar-refractivity contribution in [2.24, 2.45) is 0 Å². The van der Waals surface area contributed by atoms with Gasteiger partial charge in [-0.2, -0.15) is 0 Å². The molecular weight excluding hydrogens is 376 g/mol. The third kappa shape index (κ3) is 7.29. The molecule has 1 aliphatic carbocycles. The molecule has 1 aromatic rings. The lowest BCUT2D eigenvalue weighted by Crippen LogP contribution is -2.43. The van der Waals surface area contributed by atoms with Crippen LogP contribution in [-0.4, -0.2) is 50.7 Å². The van der Waals surface area contributed by atoms with Gasteiger partial charge in [-0.1, -0.05) is 25.7 Å². The van der Waals surface area contributed by atoms with Gasteiger partial charge in [0, 0.05) is 17.7 Å². The van der Waals surface area contributed by atoms with E-state index in [0.29, 0.717) is 11.5 Å². The Morgan fingerprint density at radius 3 is 2.14 bits per heavy atom. The van der Waals surface area contributed by atoms with Gasteiger partial charge in [-0.15, -0.1) is 0 Å². The van der Waals surface area contributed by atoms with Gasteiger partial charge in [0.05, 0.1) is 14.2 Å². The summed E-state index contributed by atoms with van der Waals surface area (Å²) in [5, 5.41) is 5.43. The van der Waals surface area contributed by atoms with Crippen molar-refractivity contribution >= 4 is 17.8 Å². The maximum absolute atomic E-state index is 12.3. The molecule has 1 saturated carbocycles. The van der Waals surface area contributed by atoms with Crippen LogP contribution in [0.3, 0.4) is 0 Å². The molecule has 8 nitrogen and oxygen atoms in total. The zero-order valence-corrected chi connectivity index (χ0v) is 17.3. The van der Waals surface area contributed by atoms with Crippen LogP contribution in [0.1, 0.15) is 55.8 Å². The van der Waals surface area contributed by atoms with Gasteiger partial charge in [0.2, 0.25) is 0 Å². The van der Waals surface area contributed by atoms with Crippen molar-refractivity contribution in [3.8, 4) is 11.5 Å². The number of nitrogens with one attached hydrogen (secondary N) is 2. The molecule has 1 atom stereocenters. The second-order valence-corrected chi connectivity index (χ2v) is 7.11. The Hall–Kier alpha value is -2.77. The second-order valence-electron chi connectivity index (χ2n) is 7.11. The summed E-state index contributed by atoms with van der Waals surface area (Å²) in [6, 6.07) is 4.84. The van der Waals surface area contributed by atoms with E-state index >= 15 is 0 Å². The monoisotopic (exact) mass is 406 g/mol. The van der Waals surface area contributed by atoms with Gasteiger partial charge in [-0.05, 0) is 31.9 Å². The molecule has 1 fully saturated rings. The van der Waals surface area contributed by atoms with Crippen molar-refractivity contribution in [3.63, 3.8) is 0 Å². The van der Waals surface area contributed by atoms with Crippen molar-refractivity contribution in [2.75, 3.05) is 20.8 Å². The third-order valence-corrected chi connectivity index (χ3v) is 4.89. The summed E-state index contributed by atoms with van der Waals surface area (Å²) in [5.41, 5.74) is 0.285. The number of carbonyl (C=O) groups is 3. The van der Waals surface area contributed by atoms with Crippen LogP contribution < -0.4 is 20.1 Å². The number of ether oxygens (including phenoxy) is 3. The molecule has 2 rings (SSSR count). The van der Waals surface area contributed by atoms with Gasteiger partial charge in [-0.25, -0.2) is 0 Å². The Morgan fingerprint density at radius 2 is 1.59 bits per heavy atom. The number of benzene rings is 1. The van der Waals surface area contributed by atoms with E-state index in [1.54, 1.807) is 6.07 Å². The number of carbonyl (C=O) groups excluding carboxylic acids is 3. The molecule has 8 heteroatoms. The van der Waals surface area contributed by atoms with Crippen LogP contribution in [-0.2, 0) is 14.3 Å². The third-order valence-electron chi connectivity index (χ3n) is 4.89. The highest BCUT2D eigenvalue weighted by Crippen LogP contribution is 2.22. The first-order valence-electron chi connectivity index (χ1n) is 9.94. The maximum atomic E-state index is 12.3. The van der Waals surface area contributed by atoms with E-state index in [1.165, 1.54) is 46.1 Å². The van der Waals surface area contributed by atoms with Gasteiger partial charge < -0.3 is 24.8 Å². The SMILES string of the molecule is COc1cc(OC)cc(C(=O)NCC(=O)O[C@@H](C)C(=O)NC2CCCCCC2)c1. The zero-order chi connectivity index (χ0) is 21.2. The molecule has 2 amide bonds. The van der Waals surface area contributed by atoms with E-state index in [4.69, 9.17) is 14.2 Å². The lowest BCUT2D eigenvalue weighted by atomic mass is 10.1. The molecule has 29 heavy (non-hydrogen) atoms. The predicted molar refractivity (Wildman–Crippen MR) is 107 cm³/mol. The second kappa shape index (κ2) is 11.3. The van der Waals surface area contributed by atoms with Gasteiger partial charge in [0.1, 0.15) is 18.0 Å². The van der Waals surface area contributed by atoms with Gasteiger partial charge in [-0.3, -0.25) is 14.4 Å². The summed E-state index contributed by atoms with van der Waals surface area (Å²) in [6.07, 6.45) is 5.56. The quantitative estimate of drug-likeness (QED) is 0.507. The van der Waals surface area contributed by atoms with Crippen LogP contribution in [0.2, 0.25) is 0 Å². The number of hydrogen-bond donors (Lipinski definition) is 2. The van der Waals surface area contributed by atoms with Crippen LogP contribution in [0.5, 0.6) is 11.5 Å². The highest BCUT2D eigenvalue weighted by Gasteiger charge is 2.22. The minimum atomic E-state index is -0.917. The molecule has 0 spiro atoms. The summed E-state index contributed by atoms with van der Waals surface area (Å²) in [7, 11) is 2.96. The first-order valence-corrected chi connectivity index (χ1v) is 9.94. The molecule has 0 radical (unpaired) electrons. The number of rotatable bonds is 8. The molecule has 1 aliphatic rings. The normalized spacial score (nSPS) is 15.6. The molecule has 1 aromatic carbocycles. The van der Waals surface area contributed by atoms with E-state index in [0.717, 1.165) is 25.7 Å². The highest BCUT2D eigenvalue weighted by molar-refractivity contribution is 5.97. The lowest BCUT2D eigenvalue weighted by molar-refractivity contribution is -0.154. The zero-order valence-electron chi connectivity index (χ0n) is 17.3. The lowest BCUT2D eigenvalue weighted by Gasteiger charge is -2.19. The van der Waals surface area contributed by atoms with E-state index in [-0.39, 0.29) is 24.1 Å². The van der Waals surface area contributed by atoms with Crippen molar-refractivity contribution in [1.82, 2.24) is 10.6 Å². The standard InChI is InChI=1S/C21H30N2O6/c1-14(20(25)23-16-8-6-4-5-7-9-16)29-19(24)13-22-21(26)15-10-17(27-2)12-18(11-15)28-3/h10-12,14,16H,4-9,13H2,1-3H3,(H,22,26)(H,23,25)/t14-/m0/s1. The summed E-state index contributed by atoms with van der Waals surface area (Å²) >= 11 is 0. The van der Waals surface area contributed by atoms with Gasteiger partial charge in [0.25, 0.3) is 11.8 Å². The first-order chi connectivity index (χ1) is 13.9. The molecule has 0 heterocycles. The average Bonchev–Trinajstić information content (AvgIpc) is 3.00. The van der Waals surface area contributed by atoms with Gasteiger partial charge in [0.15, 0.2) is 6.10 Å². The molecular formula is C21H30N2O6. The average molecular weight is 406 g/mol. The van der Waals surface area contributed by atoms with Crippen LogP contribution in [0.4, 0.5) is 0 Å². The molecule has 0 unspecified atom stereocenters. The molecule has 0 saturated heterocycles. The minimum absolute atomic E-state index is 0.133. The number of methoxy groups -OCH3 is 2. The summed E-state index contributed by atoms with van der Waals surface area (Å²) in [4.78, 5) is 36.6.